The summed E-state index contributed by atoms with van der Waals surface area (Å²) in [6, 6.07) is 17.4. The number of rotatable bonds is 5. The van der Waals surface area contributed by atoms with Crippen molar-refractivity contribution in [3.05, 3.63) is 77.5 Å². The van der Waals surface area contributed by atoms with Gasteiger partial charge in [-0.3, -0.25) is 4.79 Å². The molecular weight excluding hydrogens is 370 g/mol. The molecule has 7 heteroatoms. The molecule has 0 fully saturated rings. The lowest BCUT2D eigenvalue weighted by molar-refractivity contribution is 0.0950. The van der Waals surface area contributed by atoms with Gasteiger partial charge in [0.15, 0.2) is 5.65 Å². The van der Waals surface area contributed by atoms with Gasteiger partial charge in [0, 0.05) is 23.2 Å². The summed E-state index contributed by atoms with van der Waals surface area (Å²) >= 11 is 1.70. The lowest BCUT2D eigenvalue weighted by Crippen LogP contribution is -2.24. The highest BCUT2D eigenvalue weighted by Crippen LogP contribution is 2.21. The van der Waals surface area contributed by atoms with E-state index in [9.17, 15) is 4.79 Å². The summed E-state index contributed by atoms with van der Waals surface area (Å²) in [4.78, 5) is 18.3. The predicted octanol–water partition coefficient (Wildman–Crippen LogP) is 3.78. The first-order chi connectivity index (χ1) is 13.7. The van der Waals surface area contributed by atoms with Crippen LogP contribution in [0.25, 0.3) is 16.9 Å². The van der Waals surface area contributed by atoms with Crippen molar-refractivity contribution in [1.29, 1.82) is 0 Å². The molecule has 0 atom stereocenters. The molecule has 0 radical (unpaired) electrons. The molecule has 0 aliphatic rings. The minimum Gasteiger partial charge on any atom is -0.348 e. The minimum atomic E-state index is -0.120. The zero-order chi connectivity index (χ0) is 19.5. The lowest BCUT2D eigenvalue weighted by atomic mass is 10.1. The SMILES string of the molecule is CSc1ccc(CNC(=O)c2cccc(-n3nnc4cccnc43)c2C)cc1. The van der Waals surface area contributed by atoms with Crippen LogP contribution in [0.5, 0.6) is 0 Å². The van der Waals surface area contributed by atoms with E-state index in [1.165, 1.54) is 4.90 Å². The molecule has 0 spiro atoms. The molecular formula is C21H19N5OS. The van der Waals surface area contributed by atoms with Crippen LogP contribution in [0.4, 0.5) is 0 Å². The third kappa shape index (κ3) is 3.48. The summed E-state index contributed by atoms with van der Waals surface area (Å²) in [5.74, 6) is -0.120. The predicted molar refractivity (Wildman–Crippen MR) is 111 cm³/mol. The molecule has 2 aromatic heterocycles. The van der Waals surface area contributed by atoms with E-state index in [-0.39, 0.29) is 5.91 Å². The van der Waals surface area contributed by atoms with Gasteiger partial charge < -0.3 is 5.32 Å². The third-order valence-electron chi connectivity index (χ3n) is 4.60. The smallest absolute Gasteiger partial charge is 0.251 e. The van der Waals surface area contributed by atoms with Gasteiger partial charge in [0.1, 0.15) is 5.52 Å². The molecule has 0 unspecified atom stereocenters. The Hall–Kier alpha value is -3.19. The first-order valence-corrected chi connectivity index (χ1v) is 10.1. The molecule has 0 aliphatic carbocycles. The number of hydrogen-bond acceptors (Lipinski definition) is 5. The fourth-order valence-corrected chi connectivity index (χ4v) is 3.46. The molecule has 140 valence electrons. The fourth-order valence-electron chi connectivity index (χ4n) is 3.05. The fraction of sp³-hybridized carbons (Fsp3) is 0.143. The number of aromatic nitrogens is 4. The number of carbonyl (C=O) groups is 1. The second-order valence-corrected chi connectivity index (χ2v) is 7.21. The Morgan fingerprint density at radius 1 is 1.11 bits per heavy atom. The van der Waals surface area contributed by atoms with Gasteiger partial charge in [-0.2, -0.15) is 4.68 Å². The second kappa shape index (κ2) is 7.82. The first-order valence-electron chi connectivity index (χ1n) is 8.85. The molecule has 2 aromatic carbocycles. The number of pyridine rings is 1. The Morgan fingerprint density at radius 3 is 2.71 bits per heavy atom. The Bertz CT molecular complexity index is 1140. The van der Waals surface area contributed by atoms with Gasteiger partial charge >= 0.3 is 0 Å². The summed E-state index contributed by atoms with van der Waals surface area (Å²) in [6.45, 7) is 2.39. The van der Waals surface area contributed by atoms with Crippen LogP contribution in [0.1, 0.15) is 21.5 Å². The molecule has 0 saturated heterocycles. The molecule has 6 nitrogen and oxygen atoms in total. The van der Waals surface area contributed by atoms with Gasteiger partial charge in [0.05, 0.1) is 5.69 Å². The number of carbonyl (C=O) groups excluding carboxylic acids is 1. The van der Waals surface area contributed by atoms with E-state index in [2.05, 4.69) is 32.7 Å². The number of nitrogens with one attached hydrogen (secondary N) is 1. The van der Waals surface area contributed by atoms with Crippen molar-refractivity contribution >= 4 is 28.8 Å². The minimum absolute atomic E-state index is 0.120. The van der Waals surface area contributed by atoms with Crippen LogP contribution in [-0.4, -0.2) is 32.1 Å². The number of nitrogens with zero attached hydrogens (tertiary/aromatic N) is 4. The van der Waals surface area contributed by atoms with Crippen LogP contribution >= 0.6 is 11.8 Å². The maximum atomic E-state index is 12.8. The van der Waals surface area contributed by atoms with Crippen LogP contribution < -0.4 is 5.32 Å². The van der Waals surface area contributed by atoms with Gasteiger partial charge in [0.2, 0.25) is 0 Å². The van der Waals surface area contributed by atoms with Crippen molar-refractivity contribution in [2.45, 2.75) is 18.4 Å². The molecule has 2 heterocycles. The monoisotopic (exact) mass is 389 g/mol. The second-order valence-electron chi connectivity index (χ2n) is 6.33. The maximum absolute atomic E-state index is 12.8. The van der Waals surface area contributed by atoms with Crippen LogP contribution in [-0.2, 0) is 6.54 Å². The van der Waals surface area contributed by atoms with E-state index in [4.69, 9.17) is 0 Å². The zero-order valence-electron chi connectivity index (χ0n) is 15.6. The van der Waals surface area contributed by atoms with E-state index in [0.29, 0.717) is 23.3 Å². The first kappa shape index (κ1) is 18.2. The summed E-state index contributed by atoms with van der Waals surface area (Å²) in [6.07, 6.45) is 3.75. The number of hydrogen-bond donors (Lipinski definition) is 1. The molecule has 4 rings (SSSR count). The molecule has 0 aliphatic heterocycles. The Balaban J connectivity index is 1.58. The van der Waals surface area contributed by atoms with Crippen molar-refractivity contribution in [3.63, 3.8) is 0 Å². The Morgan fingerprint density at radius 2 is 1.93 bits per heavy atom. The largest absolute Gasteiger partial charge is 0.348 e. The van der Waals surface area contributed by atoms with Crippen molar-refractivity contribution in [2.75, 3.05) is 6.26 Å². The standard InChI is InChI=1S/C21H19N5OS/c1-14-17(21(27)23-13-15-8-10-16(28-2)11-9-15)5-3-7-19(14)26-20-18(24-25-26)6-4-12-22-20/h3-12H,13H2,1-2H3,(H,23,27). The molecule has 1 N–H and O–H groups in total. The van der Waals surface area contributed by atoms with Gasteiger partial charge in [-0.1, -0.05) is 23.4 Å². The van der Waals surface area contributed by atoms with Gasteiger partial charge in [-0.15, -0.1) is 16.9 Å². The molecule has 28 heavy (non-hydrogen) atoms. The summed E-state index contributed by atoms with van der Waals surface area (Å²) < 4.78 is 1.67. The summed E-state index contributed by atoms with van der Waals surface area (Å²) in [7, 11) is 0. The number of benzene rings is 2. The molecule has 0 saturated carbocycles. The van der Waals surface area contributed by atoms with Crippen LogP contribution in [0, 0.1) is 6.92 Å². The molecule has 0 bridgehead atoms. The van der Waals surface area contributed by atoms with Crippen molar-refractivity contribution < 1.29 is 4.79 Å². The maximum Gasteiger partial charge on any atom is 0.251 e. The highest BCUT2D eigenvalue weighted by Gasteiger charge is 2.15. The van der Waals surface area contributed by atoms with Crippen molar-refractivity contribution in [1.82, 2.24) is 25.3 Å². The Labute approximate surface area is 167 Å². The number of amides is 1. The zero-order valence-corrected chi connectivity index (χ0v) is 16.4. The van der Waals surface area contributed by atoms with Crippen molar-refractivity contribution in [3.8, 4) is 5.69 Å². The number of thioether (sulfide) groups is 1. The van der Waals surface area contributed by atoms with E-state index in [1.54, 1.807) is 22.6 Å². The van der Waals surface area contributed by atoms with Crippen LogP contribution in [0.15, 0.2) is 65.7 Å². The summed E-state index contributed by atoms with van der Waals surface area (Å²) in [5, 5.41) is 11.4. The van der Waals surface area contributed by atoms with Gasteiger partial charge in [-0.05, 0) is 60.7 Å². The lowest BCUT2D eigenvalue weighted by Gasteiger charge is -2.12. The number of fused-ring (bicyclic) bond motifs is 1. The average Bonchev–Trinajstić information content (AvgIpc) is 3.16. The van der Waals surface area contributed by atoms with Crippen molar-refractivity contribution in [2.24, 2.45) is 0 Å². The third-order valence-corrected chi connectivity index (χ3v) is 5.34. The topological polar surface area (TPSA) is 72.7 Å². The highest BCUT2D eigenvalue weighted by molar-refractivity contribution is 7.98. The molecule has 4 aromatic rings. The van der Waals surface area contributed by atoms with Gasteiger partial charge in [-0.25, -0.2) is 4.98 Å². The van der Waals surface area contributed by atoms with E-state index in [1.807, 2.05) is 55.6 Å². The average molecular weight is 389 g/mol. The Kier molecular flexibility index (Phi) is 5.08. The van der Waals surface area contributed by atoms with E-state index < -0.39 is 0 Å². The highest BCUT2D eigenvalue weighted by atomic mass is 32.2. The van der Waals surface area contributed by atoms with E-state index in [0.717, 1.165) is 16.8 Å². The van der Waals surface area contributed by atoms with E-state index >= 15 is 0 Å². The van der Waals surface area contributed by atoms with Crippen LogP contribution in [0.2, 0.25) is 0 Å². The quantitative estimate of drug-likeness (QED) is 0.526. The normalized spacial score (nSPS) is 10.9. The van der Waals surface area contributed by atoms with Crippen LogP contribution in [0.3, 0.4) is 0 Å². The van der Waals surface area contributed by atoms with Gasteiger partial charge in [0.25, 0.3) is 5.91 Å². The molecule has 1 amide bonds. The summed E-state index contributed by atoms with van der Waals surface area (Å²) in [5.41, 5.74) is 4.67.